The van der Waals surface area contributed by atoms with Gasteiger partial charge >= 0.3 is 0 Å². The van der Waals surface area contributed by atoms with Crippen molar-refractivity contribution in [1.29, 1.82) is 0 Å². The summed E-state index contributed by atoms with van der Waals surface area (Å²) >= 11 is 0. The van der Waals surface area contributed by atoms with Crippen LogP contribution in [0, 0.1) is 0 Å². The van der Waals surface area contributed by atoms with Gasteiger partial charge in [0.15, 0.2) is 0 Å². The average molecular weight is 119 g/mol. The van der Waals surface area contributed by atoms with Crippen molar-refractivity contribution in [2.45, 2.75) is 26.2 Å². The molecule has 0 amide bonds. The van der Waals surface area contributed by atoms with Crippen LogP contribution in [0.1, 0.15) is 26.2 Å². The molecule has 0 saturated heterocycles. The van der Waals surface area contributed by atoms with E-state index in [4.69, 9.17) is 0 Å². The zero-order valence-electron chi connectivity index (χ0n) is 4.24. The van der Waals surface area contributed by atoms with Gasteiger partial charge in [-0.2, -0.15) is 0 Å². The molecule has 0 N–H and O–H groups in total. The summed E-state index contributed by atoms with van der Waals surface area (Å²) in [7, 11) is 0. The van der Waals surface area contributed by atoms with Gasteiger partial charge < -0.3 is 0 Å². The Kier molecular flexibility index (Phi) is 13.8. The molecule has 2 heteroatoms. The fourth-order valence-corrected chi connectivity index (χ4v) is 0.352. The van der Waals surface area contributed by atoms with Crippen molar-refractivity contribution in [3.05, 3.63) is 0 Å². The molecular formula is C5H15OSi. The van der Waals surface area contributed by atoms with E-state index in [9.17, 15) is 5.11 Å². The second-order valence-corrected chi connectivity index (χ2v) is 1.41. The molecule has 0 rings (SSSR count). The van der Waals surface area contributed by atoms with E-state index in [1.165, 1.54) is 0 Å². The number of hydrogen-bond donors (Lipinski definition) is 0. The summed E-state index contributed by atoms with van der Waals surface area (Å²) in [5.41, 5.74) is 0. The van der Waals surface area contributed by atoms with Crippen LogP contribution in [0.3, 0.4) is 0 Å². The normalized spacial score (nSPS) is 7.71. The number of unbranched alkanes of at least 4 members (excludes halogenated alkanes) is 2. The van der Waals surface area contributed by atoms with Gasteiger partial charge in [0, 0.05) is 0 Å². The molecule has 0 bridgehead atoms. The van der Waals surface area contributed by atoms with Crippen molar-refractivity contribution in [1.82, 2.24) is 0 Å². The third-order valence-electron chi connectivity index (χ3n) is 0.748. The molecule has 0 saturated carbocycles. The average Bonchev–Trinajstić information content (AvgIpc) is 1.61. The molecule has 0 aliphatic heterocycles. The lowest BCUT2D eigenvalue weighted by Crippen LogP contribution is -1.76. The van der Waals surface area contributed by atoms with Crippen molar-refractivity contribution in [3.63, 3.8) is 0 Å². The minimum Gasteiger partial charge on any atom is -0.237 e. The van der Waals surface area contributed by atoms with E-state index in [0.29, 0.717) is 0 Å². The minimum atomic E-state index is 0. The molecule has 1 nitrogen and oxygen atoms in total. The highest BCUT2D eigenvalue weighted by Gasteiger charge is 1.77. The lowest BCUT2D eigenvalue weighted by Gasteiger charge is -1.84. The van der Waals surface area contributed by atoms with Crippen LogP contribution in [0.5, 0.6) is 0 Å². The predicted octanol–water partition coefficient (Wildman–Crippen LogP) is 0.155. The summed E-state index contributed by atoms with van der Waals surface area (Å²) in [4.78, 5) is 0. The third-order valence-corrected chi connectivity index (χ3v) is 0.748. The first kappa shape index (κ1) is 10.2. The van der Waals surface area contributed by atoms with Gasteiger partial charge in [-0.05, 0) is 17.4 Å². The number of rotatable bonds is 3. The molecule has 0 heterocycles. The highest BCUT2D eigenvalue weighted by atomic mass is 28.1. The van der Waals surface area contributed by atoms with E-state index in [2.05, 4.69) is 6.92 Å². The Morgan fingerprint density at radius 2 is 1.86 bits per heavy atom. The van der Waals surface area contributed by atoms with Crippen LogP contribution >= 0.6 is 0 Å². The van der Waals surface area contributed by atoms with Crippen LogP contribution in [0.15, 0.2) is 0 Å². The van der Waals surface area contributed by atoms with Crippen LogP contribution in [0.4, 0.5) is 0 Å². The van der Waals surface area contributed by atoms with E-state index in [1.807, 2.05) is 0 Å². The Hall–Kier alpha value is 0.177. The first-order chi connectivity index (χ1) is 2.91. The first-order valence-electron chi connectivity index (χ1n) is 2.50. The monoisotopic (exact) mass is 119 g/mol. The Labute approximate surface area is 49.8 Å². The van der Waals surface area contributed by atoms with Gasteiger partial charge in [0.1, 0.15) is 0 Å². The standard InChI is InChI=1S/C5H11O.H4Si/c1-2-3-4-5-6;/h2-5H2,1H3;1H4. The van der Waals surface area contributed by atoms with Gasteiger partial charge in [0.25, 0.3) is 0 Å². The van der Waals surface area contributed by atoms with Crippen molar-refractivity contribution in [3.8, 4) is 0 Å². The Morgan fingerprint density at radius 3 is 2.00 bits per heavy atom. The highest BCUT2D eigenvalue weighted by Crippen LogP contribution is 1.89. The first-order valence-corrected chi connectivity index (χ1v) is 2.50. The van der Waals surface area contributed by atoms with Gasteiger partial charge in [-0.15, -0.1) is 0 Å². The van der Waals surface area contributed by atoms with Crippen molar-refractivity contribution in [2.75, 3.05) is 6.61 Å². The highest BCUT2D eigenvalue weighted by molar-refractivity contribution is 5.75. The fraction of sp³-hybridized carbons (Fsp3) is 1.00. The molecule has 45 valence electrons. The lowest BCUT2D eigenvalue weighted by molar-refractivity contribution is 0.186. The Morgan fingerprint density at radius 1 is 1.29 bits per heavy atom. The maximum atomic E-state index is 9.69. The SMILES string of the molecule is CCCCC[O].[SiH4]. The van der Waals surface area contributed by atoms with E-state index >= 15 is 0 Å². The quantitative estimate of drug-likeness (QED) is 0.372. The molecule has 7 heavy (non-hydrogen) atoms. The smallest absolute Gasteiger partial charge is 0.0822 e. The molecule has 0 atom stereocenters. The molecule has 0 unspecified atom stereocenters. The van der Waals surface area contributed by atoms with Gasteiger partial charge in [0.2, 0.25) is 0 Å². The van der Waals surface area contributed by atoms with Crippen LogP contribution in [-0.4, -0.2) is 17.6 Å². The molecule has 0 aromatic heterocycles. The van der Waals surface area contributed by atoms with Crippen molar-refractivity contribution in [2.24, 2.45) is 0 Å². The molecular weight excluding hydrogens is 104 g/mol. The number of hydrogen-bond acceptors (Lipinski definition) is 0. The van der Waals surface area contributed by atoms with Crippen LogP contribution < -0.4 is 0 Å². The summed E-state index contributed by atoms with van der Waals surface area (Å²) in [6, 6.07) is 0. The fourth-order valence-electron chi connectivity index (χ4n) is 0.352. The van der Waals surface area contributed by atoms with Gasteiger partial charge in [-0.3, -0.25) is 0 Å². The Bertz CT molecular complexity index is 20.0. The summed E-state index contributed by atoms with van der Waals surface area (Å²) in [6.07, 6.45) is 3.11. The van der Waals surface area contributed by atoms with Crippen LogP contribution in [0.2, 0.25) is 0 Å². The second-order valence-electron chi connectivity index (χ2n) is 1.41. The molecule has 1 radical (unpaired) electrons. The molecule has 0 fully saturated rings. The molecule has 0 aromatic carbocycles. The summed E-state index contributed by atoms with van der Waals surface area (Å²) in [6.45, 7) is 2.20. The van der Waals surface area contributed by atoms with E-state index in [0.717, 1.165) is 19.3 Å². The minimum absolute atomic E-state index is 0. The maximum Gasteiger partial charge on any atom is 0.0822 e. The van der Waals surface area contributed by atoms with Gasteiger partial charge in [0.05, 0.1) is 6.61 Å². The predicted molar refractivity (Wildman–Crippen MR) is 36.4 cm³/mol. The van der Waals surface area contributed by atoms with E-state index in [-0.39, 0.29) is 17.6 Å². The van der Waals surface area contributed by atoms with Crippen LogP contribution in [0.25, 0.3) is 0 Å². The summed E-state index contributed by atoms with van der Waals surface area (Å²) in [5.74, 6) is 0. The van der Waals surface area contributed by atoms with Crippen molar-refractivity contribution >= 4 is 11.0 Å². The third kappa shape index (κ3) is 10.7. The van der Waals surface area contributed by atoms with Crippen molar-refractivity contribution < 1.29 is 5.11 Å². The van der Waals surface area contributed by atoms with E-state index < -0.39 is 0 Å². The maximum absolute atomic E-state index is 9.69. The summed E-state index contributed by atoms with van der Waals surface area (Å²) in [5, 5.41) is 9.69. The molecule has 0 aromatic rings. The molecule has 0 spiro atoms. The van der Waals surface area contributed by atoms with Gasteiger partial charge in [-0.25, -0.2) is 5.11 Å². The molecule has 0 aliphatic rings. The summed E-state index contributed by atoms with van der Waals surface area (Å²) < 4.78 is 0. The van der Waals surface area contributed by atoms with Crippen LogP contribution in [-0.2, 0) is 5.11 Å². The molecule has 0 aliphatic carbocycles. The lowest BCUT2D eigenvalue weighted by atomic mass is 10.3. The topological polar surface area (TPSA) is 19.9 Å². The zero-order valence-corrected chi connectivity index (χ0v) is 4.24. The second kappa shape index (κ2) is 9.49. The largest absolute Gasteiger partial charge is 0.237 e. The zero-order chi connectivity index (χ0) is 4.83. The van der Waals surface area contributed by atoms with E-state index in [1.54, 1.807) is 0 Å². The Balaban J connectivity index is 0. The van der Waals surface area contributed by atoms with Gasteiger partial charge in [-0.1, -0.05) is 19.8 Å².